The molecule has 2 aromatic rings. The third-order valence-electron chi connectivity index (χ3n) is 4.03. The first-order valence-electron chi connectivity index (χ1n) is 7.88. The van der Waals surface area contributed by atoms with E-state index in [9.17, 15) is 9.59 Å². The standard InChI is InChI=1S/C18H20N2O3/c1-14(17(21)20-11-4-5-12-20)23-18(22)15-7-6-8-16(13-15)19-9-2-3-10-19/h2-3,6-10,13-14H,4-5,11-12H2,1H3. The van der Waals surface area contributed by atoms with E-state index in [1.165, 1.54) is 0 Å². The van der Waals surface area contributed by atoms with Gasteiger partial charge in [0.1, 0.15) is 0 Å². The topological polar surface area (TPSA) is 51.5 Å². The van der Waals surface area contributed by atoms with Crippen LogP contribution < -0.4 is 0 Å². The lowest BCUT2D eigenvalue weighted by molar-refractivity contribution is -0.138. The smallest absolute Gasteiger partial charge is 0.338 e. The molecule has 23 heavy (non-hydrogen) atoms. The van der Waals surface area contributed by atoms with E-state index in [0.29, 0.717) is 5.56 Å². The van der Waals surface area contributed by atoms with Gasteiger partial charge in [-0.2, -0.15) is 0 Å². The van der Waals surface area contributed by atoms with Crippen molar-refractivity contribution in [2.75, 3.05) is 13.1 Å². The van der Waals surface area contributed by atoms with Gasteiger partial charge in [0.15, 0.2) is 6.10 Å². The van der Waals surface area contributed by atoms with Gasteiger partial charge in [-0.25, -0.2) is 4.79 Å². The maximum atomic E-state index is 12.3. The number of rotatable bonds is 4. The fourth-order valence-electron chi connectivity index (χ4n) is 2.77. The normalized spacial score (nSPS) is 15.4. The summed E-state index contributed by atoms with van der Waals surface area (Å²) in [6.45, 7) is 3.14. The van der Waals surface area contributed by atoms with Crippen LogP contribution in [0, 0.1) is 0 Å². The van der Waals surface area contributed by atoms with Crippen molar-refractivity contribution in [1.29, 1.82) is 0 Å². The van der Waals surface area contributed by atoms with E-state index in [0.717, 1.165) is 31.6 Å². The highest BCUT2D eigenvalue weighted by Gasteiger charge is 2.26. The summed E-state index contributed by atoms with van der Waals surface area (Å²) in [4.78, 5) is 26.3. The molecule has 1 amide bonds. The second-order valence-electron chi connectivity index (χ2n) is 5.72. The number of hydrogen-bond acceptors (Lipinski definition) is 3. The Hall–Kier alpha value is -2.56. The third kappa shape index (κ3) is 3.44. The molecule has 1 saturated heterocycles. The van der Waals surface area contributed by atoms with E-state index in [4.69, 9.17) is 4.74 Å². The zero-order valence-electron chi connectivity index (χ0n) is 13.1. The highest BCUT2D eigenvalue weighted by molar-refractivity contribution is 5.92. The van der Waals surface area contributed by atoms with Gasteiger partial charge in [-0.1, -0.05) is 6.07 Å². The molecule has 1 aromatic heterocycles. The van der Waals surface area contributed by atoms with Gasteiger partial charge in [0.05, 0.1) is 5.56 Å². The molecule has 0 saturated carbocycles. The van der Waals surface area contributed by atoms with Crippen LogP contribution in [0.1, 0.15) is 30.1 Å². The Bertz CT molecular complexity index is 688. The largest absolute Gasteiger partial charge is 0.449 e. The summed E-state index contributed by atoms with van der Waals surface area (Å²) in [5.41, 5.74) is 1.32. The number of benzene rings is 1. The van der Waals surface area contributed by atoms with Crippen LogP contribution in [0.4, 0.5) is 0 Å². The molecule has 1 aliphatic heterocycles. The average Bonchev–Trinajstić information content (AvgIpc) is 3.27. The second-order valence-corrected chi connectivity index (χ2v) is 5.72. The number of hydrogen-bond donors (Lipinski definition) is 0. The van der Waals surface area contributed by atoms with Gasteiger partial charge in [-0.15, -0.1) is 0 Å². The Kier molecular flexibility index (Phi) is 4.46. The summed E-state index contributed by atoms with van der Waals surface area (Å²) in [7, 11) is 0. The third-order valence-corrected chi connectivity index (χ3v) is 4.03. The van der Waals surface area contributed by atoms with Crippen LogP contribution in [0.2, 0.25) is 0 Å². The summed E-state index contributed by atoms with van der Waals surface area (Å²) < 4.78 is 7.26. The van der Waals surface area contributed by atoms with Crippen molar-refractivity contribution >= 4 is 11.9 Å². The van der Waals surface area contributed by atoms with E-state index in [1.807, 2.05) is 35.2 Å². The van der Waals surface area contributed by atoms with E-state index in [-0.39, 0.29) is 5.91 Å². The number of aromatic nitrogens is 1. The number of ether oxygens (including phenoxy) is 1. The predicted molar refractivity (Wildman–Crippen MR) is 86.5 cm³/mol. The van der Waals surface area contributed by atoms with Gasteiger partial charge in [0.2, 0.25) is 0 Å². The van der Waals surface area contributed by atoms with Gasteiger partial charge < -0.3 is 14.2 Å². The first kappa shape index (κ1) is 15.3. The summed E-state index contributed by atoms with van der Waals surface area (Å²) in [6.07, 6.45) is 5.10. The van der Waals surface area contributed by atoms with Crippen molar-refractivity contribution in [3.05, 3.63) is 54.4 Å². The molecule has 5 nitrogen and oxygen atoms in total. The molecule has 0 spiro atoms. The highest BCUT2D eigenvalue weighted by atomic mass is 16.5. The lowest BCUT2D eigenvalue weighted by Crippen LogP contribution is -2.38. The van der Waals surface area contributed by atoms with Crippen LogP contribution in [-0.2, 0) is 9.53 Å². The number of carbonyl (C=O) groups is 2. The van der Waals surface area contributed by atoms with Crippen molar-refractivity contribution < 1.29 is 14.3 Å². The van der Waals surface area contributed by atoms with Crippen LogP contribution in [-0.4, -0.2) is 40.5 Å². The number of amides is 1. The Labute approximate surface area is 135 Å². The van der Waals surface area contributed by atoms with E-state index >= 15 is 0 Å². The van der Waals surface area contributed by atoms with Crippen LogP contribution >= 0.6 is 0 Å². The fraction of sp³-hybridized carbons (Fsp3) is 0.333. The minimum Gasteiger partial charge on any atom is -0.449 e. The molecule has 3 rings (SSSR count). The molecule has 0 N–H and O–H groups in total. The first-order valence-corrected chi connectivity index (χ1v) is 7.88. The van der Waals surface area contributed by atoms with Gasteiger partial charge in [-0.3, -0.25) is 4.79 Å². The summed E-state index contributed by atoms with van der Waals surface area (Å²) >= 11 is 0. The van der Waals surface area contributed by atoms with Gasteiger partial charge in [-0.05, 0) is 50.1 Å². The molecular formula is C18H20N2O3. The van der Waals surface area contributed by atoms with Crippen LogP contribution in [0.3, 0.4) is 0 Å². The van der Waals surface area contributed by atoms with Crippen molar-refractivity contribution in [3.8, 4) is 5.69 Å². The maximum Gasteiger partial charge on any atom is 0.338 e. The molecular weight excluding hydrogens is 292 g/mol. The molecule has 1 unspecified atom stereocenters. The second kappa shape index (κ2) is 6.69. The molecule has 120 valence electrons. The number of likely N-dealkylation sites (tertiary alicyclic amines) is 1. The molecule has 5 heteroatoms. The Balaban J connectivity index is 1.68. The van der Waals surface area contributed by atoms with Crippen LogP contribution in [0.5, 0.6) is 0 Å². The van der Waals surface area contributed by atoms with Crippen LogP contribution in [0.15, 0.2) is 48.8 Å². The zero-order valence-corrected chi connectivity index (χ0v) is 13.1. The van der Waals surface area contributed by atoms with Gasteiger partial charge >= 0.3 is 5.97 Å². The first-order chi connectivity index (χ1) is 11.1. The molecule has 1 fully saturated rings. The Morgan fingerprint density at radius 3 is 2.48 bits per heavy atom. The summed E-state index contributed by atoms with van der Waals surface area (Å²) in [6, 6.07) is 11.0. The lowest BCUT2D eigenvalue weighted by atomic mass is 10.2. The van der Waals surface area contributed by atoms with Crippen LogP contribution in [0.25, 0.3) is 5.69 Å². The average molecular weight is 312 g/mol. The quantitative estimate of drug-likeness (QED) is 0.816. The Morgan fingerprint density at radius 1 is 1.09 bits per heavy atom. The predicted octanol–water partition coefficient (Wildman–Crippen LogP) is 2.65. The molecule has 0 aliphatic carbocycles. The summed E-state index contributed by atoms with van der Waals surface area (Å²) in [5.74, 6) is -0.587. The molecule has 1 atom stereocenters. The van der Waals surface area contributed by atoms with E-state index < -0.39 is 12.1 Å². The van der Waals surface area contributed by atoms with Crippen molar-refractivity contribution in [3.63, 3.8) is 0 Å². The number of carbonyl (C=O) groups excluding carboxylic acids is 2. The fourth-order valence-corrected chi connectivity index (χ4v) is 2.77. The molecule has 2 heterocycles. The lowest BCUT2D eigenvalue weighted by Gasteiger charge is -2.20. The van der Waals surface area contributed by atoms with Crippen molar-refractivity contribution in [1.82, 2.24) is 9.47 Å². The molecule has 0 radical (unpaired) electrons. The summed E-state index contributed by atoms with van der Waals surface area (Å²) in [5, 5.41) is 0. The highest BCUT2D eigenvalue weighted by Crippen LogP contribution is 2.14. The SMILES string of the molecule is CC(OC(=O)c1cccc(-n2cccc2)c1)C(=O)N1CCCC1. The minimum atomic E-state index is -0.754. The number of esters is 1. The Morgan fingerprint density at radius 2 is 1.78 bits per heavy atom. The van der Waals surface area contributed by atoms with Crippen molar-refractivity contribution in [2.24, 2.45) is 0 Å². The monoisotopic (exact) mass is 312 g/mol. The minimum absolute atomic E-state index is 0.114. The van der Waals surface area contributed by atoms with E-state index in [2.05, 4.69) is 0 Å². The molecule has 1 aromatic carbocycles. The van der Waals surface area contributed by atoms with E-state index in [1.54, 1.807) is 30.0 Å². The van der Waals surface area contributed by atoms with Crippen molar-refractivity contribution in [2.45, 2.75) is 25.9 Å². The van der Waals surface area contributed by atoms with Gasteiger partial charge in [0.25, 0.3) is 5.91 Å². The number of nitrogens with zero attached hydrogens (tertiary/aromatic N) is 2. The van der Waals surface area contributed by atoms with Gasteiger partial charge in [0, 0.05) is 31.2 Å². The zero-order chi connectivity index (χ0) is 16.2. The molecule has 0 bridgehead atoms. The molecule has 1 aliphatic rings. The maximum absolute atomic E-state index is 12.3.